The van der Waals surface area contributed by atoms with Crippen LogP contribution in [0, 0.1) is 0 Å². The van der Waals surface area contributed by atoms with Crippen molar-refractivity contribution in [3.8, 4) is 0 Å². The highest BCUT2D eigenvalue weighted by atomic mass is 16.3. The van der Waals surface area contributed by atoms with Gasteiger partial charge in [0.2, 0.25) is 5.91 Å². The van der Waals surface area contributed by atoms with Gasteiger partial charge in [-0.1, -0.05) is 6.58 Å². The van der Waals surface area contributed by atoms with E-state index in [9.17, 15) is 4.79 Å². The third kappa shape index (κ3) is 7.43. The first-order valence-electron chi connectivity index (χ1n) is 5.75. The number of amides is 1. The lowest BCUT2D eigenvalue weighted by Gasteiger charge is -2.29. The minimum absolute atomic E-state index is 0.0688. The van der Waals surface area contributed by atoms with E-state index in [1.54, 1.807) is 6.92 Å². The van der Waals surface area contributed by atoms with Gasteiger partial charge in [-0.2, -0.15) is 0 Å². The van der Waals surface area contributed by atoms with Crippen LogP contribution in [0.2, 0.25) is 0 Å². The molecule has 4 nitrogen and oxygen atoms in total. The lowest BCUT2D eigenvalue weighted by Crippen LogP contribution is -2.42. The summed E-state index contributed by atoms with van der Waals surface area (Å²) in [5.74, 6) is -0.0688. The van der Waals surface area contributed by atoms with E-state index >= 15 is 0 Å². The predicted molar refractivity (Wildman–Crippen MR) is 66.0 cm³/mol. The number of hydrogen-bond donors (Lipinski definition) is 2. The number of hydrogen-bond acceptors (Lipinski definition) is 2. The minimum Gasteiger partial charge on any atom is -0.396 e. The highest BCUT2D eigenvalue weighted by molar-refractivity contribution is 5.91. The predicted octanol–water partition coefficient (Wildman–Crippen LogP) is 0.528. The van der Waals surface area contributed by atoms with Crippen LogP contribution in [0.15, 0.2) is 12.2 Å². The number of quaternary nitrogens is 1. The molecule has 0 bridgehead atoms. The van der Waals surface area contributed by atoms with Crippen molar-refractivity contribution in [2.24, 2.45) is 0 Å². The Morgan fingerprint density at radius 2 is 1.88 bits per heavy atom. The van der Waals surface area contributed by atoms with Gasteiger partial charge in [-0.15, -0.1) is 0 Å². The zero-order valence-corrected chi connectivity index (χ0v) is 10.8. The Morgan fingerprint density at radius 1 is 1.31 bits per heavy atom. The van der Waals surface area contributed by atoms with Gasteiger partial charge in [0.05, 0.1) is 27.2 Å². The zero-order chi connectivity index (χ0) is 12.6. The molecule has 2 N–H and O–H groups in total. The highest BCUT2D eigenvalue weighted by Crippen LogP contribution is 2.00. The number of carbonyl (C=O) groups is 1. The molecular formula is C12H25N2O2+. The molecule has 4 heteroatoms. The van der Waals surface area contributed by atoms with Crippen LogP contribution in [0.1, 0.15) is 19.8 Å². The topological polar surface area (TPSA) is 49.3 Å². The van der Waals surface area contributed by atoms with E-state index in [4.69, 9.17) is 5.11 Å². The molecule has 0 aliphatic heterocycles. The maximum atomic E-state index is 11.2. The van der Waals surface area contributed by atoms with Crippen LogP contribution >= 0.6 is 0 Å². The summed E-state index contributed by atoms with van der Waals surface area (Å²) in [6.45, 7) is 8.18. The van der Waals surface area contributed by atoms with Crippen molar-refractivity contribution < 1.29 is 14.4 Å². The number of nitrogens with zero attached hydrogens (tertiary/aromatic N) is 1. The first kappa shape index (κ1) is 15.1. The number of aliphatic hydroxyl groups is 1. The molecule has 0 aromatic carbocycles. The van der Waals surface area contributed by atoms with Crippen molar-refractivity contribution in [2.75, 3.05) is 40.3 Å². The fourth-order valence-electron chi connectivity index (χ4n) is 1.47. The largest absolute Gasteiger partial charge is 0.396 e. The van der Waals surface area contributed by atoms with Crippen molar-refractivity contribution in [1.29, 1.82) is 0 Å². The fourth-order valence-corrected chi connectivity index (χ4v) is 1.47. The van der Waals surface area contributed by atoms with Gasteiger partial charge in [-0.3, -0.25) is 4.79 Å². The smallest absolute Gasteiger partial charge is 0.246 e. The summed E-state index contributed by atoms with van der Waals surface area (Å²) >= 11 is 0. The second-order valence-corrected chi connectivity index (χ2v) is 4.85. The average molecular weight is 229 g/mol. The normalized spacial score (nSPS) is 11.2. The number of aliphatic hydroxyl groups excluding tert-OH is 1. The highest BCUT2D eigenvalue weighted by Gasteiger charge is 2.13. The molecule has 1 amide bonds. The third-order valence-corrected chi connectivity index (χ3v) is 2.53. The molecule has 0 aromatic heterocycles. The molecule has 0 atom stereocenters. The van der Waals surface area contributed by atoms with Crippen LogP contribution in [0.25, 0.3) is 0 Å². The molecular weight excluding hydrogens is 204 g/mol. The summed E-state index contributed by atoms with van der Waals surface area (Å²) in [5.41, 5.74) is 0.550. The Kier molecular flexibility index (Phi) is 7.01. The van der Waals surface area contributed by atoms with Gasteiger partial charge in [0.25, 0.3) is 0 Å². The minimum atomic E-state index is -0.0688. The quantitative estimate of drug-likeness (QED) is 0.362. The SMILES string of the molecule is C=C(C)C(=O)NCCC[N+](C)(C)CCCO. The summed E-state index contributed by atoms with van der Waals surface area (Å²) in [6.07, 6.45) is 1.77. The summed E-state index contributed by atoms with van der Waals surface area (Å²) < 4.78 is 0.878. The lowest BCUT2D eigenvalue weighted by molar-refractivity contribution is -0.890. The Hall–Kier alpha value is -0.870. The lowest BCUT2D eigenvalue weighted by atomic mass is 10.3. The number of nitrogens with one attached hydrogen (secondary N) is 1. The average Bonchev–Trinajstić information content (AvgIpc) is 2.21. The van der Waals surface area contributed by atoms with Crippen molar-refractivity contribution in [3.05, 3.63) is 12.2 Å². The van der Waals surface area contributed by atoms with E-state index in [1.165, 1.54) is 0 Å². The van der Waals surface area contributed by atoms with Gasteiger partial charge < -0.3 is 14.9 Å². The second kappa shape index (κ2) is 7.41. The van der Waals surface area contributed by atoms with E-state index in [1.807, 2.05) is 0 Å². The van der Waals surface area contributed by atoms with Crippen molar-refractivity contribution in [1.82, 2.24) is 5.32 Å². The number of carbonyl (C=O) groups excluding carboxylic acids is 1. The van der Waals surface area contributed by atoms with Gasteiger partial charge in [0.15, 0.2) is 0 Å². The Labute approximate surface area is 98.5 Å². The van der Waals surface area contributed by atoms with Crippen LogP contribution in [-0.2, 0) is 4.79 Å². The van der Waals surface area contributed by atoms with E-state index < -0.39 is 0 Å². The van der Waals surface area contributed by atoms with E-state index in [0.29, 0.717) is 12.1 Å². The van der Waals surface area contributed by atoms with E-state index in [0.717, 1.165) is 30.4 Å². The molecule has 0 aromatic rings. The molecule has 0 fully saturated rings. The Bertz CT molecular complexity index is 237. The van der Waals surface area contributed by atoms with Crippen molar-refractivity contribution >= 4 is 5.91 Å². The first-order chi connectivity index (χ1) is 7.39. The molecule has 0 rings (SSSR count). The third-order valence-electron chi connectivity index (χ3n) is 2.53. The summed E-state index contributed by atoms with van der Waals surface area (Å²) in [4.78, 5) is 11.2. The molecule has 0 aliphatic carbocycles. The fraction of sp³-hybridized carbons (Fsp3) is 0.750. The van der Waals surface area contributed by atoms with E-state index in [-0.39, 0.29) is 12.5 Å². The molecule has 94 valence electrons. The van der Waals surface area contributed by atoms with Gasteiger partial charge in [-0.05, 0) is 6.92 Å². The molecule has 16 heavy (non-hydrogen) atoms. The molecule has 0 spiro atoms. The van der Waals surface area contributed by atoms with Gasteiger partial charge in [-0.25, -0.2) is 0 Å². The second-order valence-electron chi connectivity index (χ2n) is 4.85. The van der Waals surface area contributed by atoms with Crippen LogP contribution in [-0.4, -0.2) is 55.8 Å². The standard InChI is InChI=1S/C12H24N2O2/c1-11(2)12(16)13-7-5-8-14(3,4)9-6-10-15/h15H,1,5-10H2,2-4H3/p+1. The van der Waals surface area contributed by atoms with Crippen molar-refractivity contribution in [3.63, 3.8) is 0 Å². The summed E-state index contributed by atoms with van der Waals surface area (Å²) in [7, 11) is 4.27. The first-order valence-corrected chi connectivity index (χ1v) is 5.75. The maximum absolute atomic E-state index is 11.2. The monoisotopic (exact) mass is 229 g/mol. The Balaban J connectivity index is 3.64. The van der Waals surface area contributed by atoms with Gasteiger partial charge in [0, 0.05) is 31.6 Å². The van der Waals surface area contributed by atoms with Crippen molar-refractivity contribution in [2.45, 2.75) is 19.8 Å². The molecule has 0 saturated heterocycles. The molecule has 0 radical (unpaired) electrons. The Morgan fingerprint density at radius 3 is 2.38 bits per heavy atom. The van der Waals surface area contributed by atoms with Gasteiger partial charge >= 0.3 is 0 Å². The van der Waals surface area contributed by atoms with Crippen LogP contribution < -0.4 is 5.32 Å². The molecule has 0 heterocycles. The summed E-state index contributed by atoms with van der Waals surface area (Å²) in [6, 6.07) is 0. The molecule has 0 aliphatic rings. The van der Waals surface area contributed by atoms with E-state index in [2.05, 4.69) is 26.0 Å². The zero-order valence-electron chi connectivity index (χ0n) is 10.8. The van der Waals surface area contributed by atoms with Crippen LogP contribution in [0.4, 0.5) is 0 Å². The maximum Gasteiger partial charge on any atom is 0.246 e. The molecule has 0 unspecified atom stereocenters. The van der Waals surface area contributed by atoms with Crippen LogP contribution in [0.5, 0.6) is 0 Å². The van der Waals surface area contributed by atoms with Crippen LogP contribution in [0.3, 0.4) is 0 Å². The number of rotatable bonds is 8. The summed E-state index contributed by atoms with van der Waals surface area (Å²) in [5, 5.41) is 11.6. The van der Waals surface area contributed by atoms with Gasteiger partial charge in [0.1, 0.15) is 0 Å². The molecule has 0 saturated carbocycles.